The standard InChI is InChI=1S/C14H9ClN6O5/c15-9-6-8-10(11(18-9)21(25)26)20(13(23)12(22)17-8)19-14(24)16-7-4-2-1-3-5-7/h1-6H,(H,17,22)(H2,16,19,24). The summed E-state index contributed by atoms with van der Waals surface area (Å²) in [6.07, 6.45) is 0. The number of amides is 2. The molecule has 12 heteroatoms. The molecule has 0 bridgehead atoms. The molecule has 0 spiro atoms. The van der Waals surface area contributed by atoms with Gasteiger partial charge in [-0.3, -0.25) is 9.59 Å². The molecule has 11 nitrogen and oxygen atoms in total. The molecule has 0 atom stereocenters. The number of carbonyl (C=O) groups is 1. The third-order valence-electron chi connectivity index (χ3n) is 3.23. The van der Waals surface area contributed by atoms with Crippen molar-refractivity contribution in [2.75, 3.05) is 10.7 Å². The Morgan fingerprint density at radius 3 is 2.62 bits per heavy atom. The number of para-hydroxylation sites is 1. The van der Waals surface area contributed by atoms with Crippen molar-refractivity contribution in [1.82, 2.24) is 14.6 Å². The second kappa shape index (κ2) is 6.64. The predicted octanol–water partition coefficient (Wildman–Crippen LogP) is 1.42. The number of nitrogens with one attached hydrogen (secondary N) is 3. The highest BCUT2D eigenvalue weighted by Crippen LogP contribution is 2.23. The van der Waals surface area contributed by atoms with Gasteiger partial charge in [0, 0.05) is 11.8 Å². The minimum absolute atomic E-state index is 0.138. The molecule has 1 aromatic carbocycles. The fourth-order valence-electron chi connectivity index (χ4n) is 2.20. The van der Waals surface area contributed by atoms with Crippen LogP contribution in [0.25, 0.3) is 11.0 Å². The maximum atomic E-state index is 12.1. The number of fused-ring (bicyclic) bond motifs is 1. The predicted molar refractivity (Wildman–Crippen MR) is 93.1 cm³/mol. The van der Waals surface area contributed by atoms with Crippen LogP contribution in [0.15, 0.2) is 46.0 Å². The Bertz CT molecular complexity index is 1140. The molecule has 0 saturated heterocycles. The minimum Gasteiger partial charge on any atom is -0.358 e. The van der Waals surface area contributed by atoms with Crippen LogP contribution in [0.4, 0.5) is 16.3 Å². The van der Waals surface area contributed by atoms with Gasteiger partial charge in [0.15, 0.2) is 5.52 Å². The molecular formula is C14H9ClN6O5. The van der Waals surface area contributed by atoms with Gasteiger partial charge in [0.1, 0.15) is 0 Å². The normalized spacial score (nSPS) is 10.5. The van der Waals surface area contributed by atoms with Gasteiger partial charge in [0.05, 0.1) is 5.52 Å². The number of H-pyrrole nitrogens is 1. The first-order valence-corrected chi connectivity index (χ1v) is 7.37. The number of aromatic amines is 1. The van der Waals surface area contributed by atoms with Crippen molar-refractivity contribution in [3.05, 3.63) is 72.4 Å². The third-order valence-corrected chi connectivity index (χ3v) is 3.42. The molecule has 2 amide bonds. The van der Waals surface area contributed by atoms with E-state index >= 15 is 0 Å². The van der Waals surface area contributed by atoms with Crippen LogP contribution in [0.1, 0.15) is 0 Å². The van der Waals surface area contributed by atoms with Gasteiger partial charge in [0.2, 0.25) is 5.15 Å². The zero-order valence-corrected chi connectivity index (χ0v) is 13.5. The Labute approximate surface area is 148 Å². The molecule has 132 valence electrons. The lowest BCUT2D eigenvalue weighted by molar-refractivity contribution is -0.387. The monoisotopic (exact) mass is 376 g/mol. The van der Waals surface area contributed by atoms with E-state index < -0.39 is 33.4 Å². The number of halogens is 1. The van der Waals surface area contributed by atoms with Crippen LogP contribution >= 0.6 is 11.6 Å². The van der Waals surface area contributed by atoms with Crippen LogP contribution in [0, 0.1) is 10.1 Å². The smallest absolute Gasteiger partial charge is 0.358 e. The summed E-state index contributed by atoms with van der Waals surface area (Å²) in [4.78, 5) is 52.1. The Kier molecular flexibility index (Phi) is 4.37. The highest BCUT2D eigenvalue weighted by Gasteiger charge is 2.23. The number of hydrogen-bond donors (Lipinski definition) is 3. The zero-order valence-electron chi connectivity index (χ0n) is 12.7. The van der Waals surface area contributed by atoms with E-state index in [1.807, 2.05) is 0 Å². The van der Waals surface area contributed by atoms with Gasteiger partial charge in [0.25, 0.3) is 0 Å². The van der Waals surface area contributed by atoms with E-state index in [2.05, 4.69) is 20.7 Å². The summed E-state index contributed by atoms with van der Waals surface area (Å²) in [5, 5.41) is 13.4. The average molecular weight is 377 g/mol. The van der Waals surface area contributed by atoms with Crippen LogP contribution < -0.4 is 21.9 Å². The lowest BCUT2D eigenvalue weighted by Crippen LogP contribution is -2.44. The van der Waals surface area contributed by atoms with Gasteiger partial charge < -0.3 is 20.4 Å². The zero-order chi connectivity index (χ0) is 18.8. The molecule has 0 aliphatic carbocycles. The molecule has 26 heavy (non-hydrogen) atoms. The number of aromatic nitrogens is 3. The minimum atomic E-state index is -1.23. The molecule has 0 fully saturated rings. The number of anilines is 1. The van der Waals surface area contributed by atoms with Crippen LogP contribution in [0.3, 0.4) is 0 Å². The maximum Gasteiger partial charge on any atom is 0.393 e. The van der Waals surface area contributed by atoms with E-state index in [-0.39, 0.29) is 10.7 Å². The van der Waals surface area contributed by atoms with Gasteiger partial charge in [-0.15, -0.1) is 0 Å². The van der Waals surface area contributed by atoms with E-state index in [1.165, 1.54) is 0 Å². The molecular weight excluding hydrogens is 368 g/mol. The number of carbonyl (C=O) groups excluding carboxylic acids is 1. The second-order valence-corrected chi connectivity index (χ2v) is 5.34. The van der Waals surface area contributed by atoms with E-state index in [0.29, 0.717) is 10.4 Å². The van der Waals surface area contributed by atoms with Gasteiger partial charge in [-0.2, -0.15) is 0 Å². The van der Waals surface area contributed by atoms with E-state index in [0.717, 1.165) is 6.07 Å². The number of nitro groups is 1. The van der Waals surface area contributed by atoms with E-state index in [1.54, 1.807) is 30.3 Å². The number of rotatable bonds is 3. The SMILES string of the molecule is O=C(Nc1ccccc1)Nn1c(=O)c(=O)[nH]c2cc(Cl)nc([N+](=O)[O-])c21. The molecule has 3 N–H and O–H groups in total. The van der Waals surface area contributed by atoms with Crippen molar-refractivity contribution in [3.63, 3.8) is 0 Å². The van der Waals surface area contributed by atoms with Crippen molar-refractivity contribution in [2.24, 2.45) is 0 Å². The first-order chi connectivity index (χ1) is 12.4. The Morgan fingerprint density at radius 1 is 1.27 bits per heavy atom. The van der Waals surface area contributed by atoms with Crippen LogP contribution in [-0.4, -0.2) is 25.6 Å². The number of urea groups is 1. The fourth-order valence-corrected chi connectivity index (χ4v) is 2.39. The van der Waals surface area contributed by atoms with Crippen molar-refractivity contribution in [1.29, 1.82) is 0 Å². The lowest BCUT2D eigenvalue weighted by Gasteiger charge is -2.11. The quantitative estimate of drug-likeness (QED) is 0.272. The lowest BCUT2D eigenvalue weighted by atomic mass is 10.3. The number of pyridine rings is 1. The molecule has 0 radical (unpaired) electrons. The summed E-state index contributed by atoms with van der Waals surface area (Å²) in [7, 11) is 0. The van der Waals surface area contributed by atoms with E-state index in [9.17, 15) is 24.5 Å². The van der Waals surface area contributed by atoms with E-state index in [4.69, 9.17) is 11.6 Å². The third kappa shape index (κ3) is 3.23. The molecule has 0 saturated carbocycles. The van der Waals surface area contributed by atoms with Gasteiger partial charge >= 0.3 is 23.0 Å². The van der Waals surface area contributed by atoms with Crippen molar-refractivity contribution in [2.45, 2.75) is 0 Å². The summed E-state index contributed by atoms with van der Waals surface area (Å²) in [5.41, 5.74) is -0.370. The molecule has 2 heterocycles. The number of benzene rings is 1. The largest absolute Gasteiger partial charge is 0.393 e. The first kappa shape index (κ1) is 17.1. The summed E-state index contributed by atoms with van der Waals surface area (Å²) in [6.45, 7) is 0. The maximum absolute atomic E-state index is 12.1. The Morgan fingerprint density at radius 2 is 1.96 bits per heavy atom. The molecule has 0 aliphatic heterocycles. The van der Waals surface area contributed by atoms with Crippen molar-refractivity contribution >= 4 is 40.2 Å². The second-order valence-electron chi connectivity index (χ2n) is 4.95. The molecule has 2 aromatic heterocycles. The Hall–Kier alpha value is -3.73. The van der Waals surface area contributed by atoms with Crippen molar-refractivity contribution < 1.29 is 9.72 Å². The highest BCUT2D eigenvalue weighted by atomic mass is 35.5. The van der Waals surface area contributed by atoms with Gasteiger partial charge in [-0.05, 0) is 33.6 Å². The van der Waals surface area contributed by atoms with Crippen LogP contribution in [0.2, 0.25) is 5.15 Å². The Balaban J connectivity index is 2.13. The molecule has 0 aliphatic rings. The van der Waals surface area contributed by atoms with Crippen molar-refractivity contribution in [3.8, 4) is 0 Å². The summed E-state index contributed by atoms with van der Waals surface area (Å²) < 4.78 is 0.452. The van der Waals surface area contributed by atoms with Gasteiger partial charge in [-0.25, -0.2) is 14.9 Å². The van der Waals surface area contributed by atoms with Gasteiger partial charge in [-0.1, -0.05) is 18.2 Å². The summed E-state index contributed by atoms with van der Waals surface area (Å²) in [6, 6.07) is 8.47. The first-order valence-electron chi connectivity index (χ1n) is 7.00. The summed E-state index contributed by atoms with van der Waals surface area (Å²) >= 11 is 5.70. The molecule has 3 aromatic rings. The van der Waals surface area contributed by atoms with Crippen LogP contribution in [0.5, 0.6) is 0 Å². The molecule has 3 rings (SSSR count). The number of hydrogen-bond acceptors (Lipinski definition) is 6. The average Bonchev–Trinajstić information content (AvgIpc) is 2.59. The topological polar surface area (TPSA) is 152 Å². The fraction of sp³-hybridized carbons (Fsp3) is 0. The summed E-state index contributed by atoms with van der Waals surface area (Å²) in [5.74, 6) is -0.805. The highest BCUT2D eigenvalue weighted by molar-refractivity contribution is 6.30. The molecule has 0 unspecified atom stereocenters. The number of nitrogens with zero attached hydrogens (tertiary/aromatic N) is 3. The van der Waals surface area contributed by atoms with Crippen LogP contribution in [-0.2, 0) is 0 Å².